The second-order valence-electron chi connectivity index (χ2n) is 4.53. The van der Waals surface area contributed by atoms with Gasteiger partial charge in [-0.2, -0.15) is 0 Å². The Balaban J connectivity index is 2.00. The third-order valence-corrected chi connectivity index (χ3v) is 3.75. The molecule has 3 nitrogen and oxygen atoms in total. The Morgan fingerprint density at radius 2 is 1.90 bits per heavy atom. The van der Waals surface area contributed by atoms with Gasteiger partial charge >= 0.3 is 0 Å². The van der Waals surface area contributed by atoms with Crippen molar-refractivity contribution in [2.24, 2.45) is 0 Å². The van der Waals surface area contributed by atoms with Gasteiger partial charge in [-0.3, -0.25) is 4.79 Å². The molecule has 0 saturated heterocycles. The fourth-order valence-corrected chi connectivity index (χ4v) is 2.26. The number of nitrogens with one attached hydrogen (secondary N) is 2. The third-order valence-electron chi connectivity index (χ3n) is 2.98. The predicted molar refractivity (Wildman–Crippen MR) is 85.9 cm³/mol. The molecule has 5 heteroatoms. The van der Waals surface area contributed by atoms with Gasteiger partial charge in [0.2, 0.25) is 0 Å². The Bertz CT molecular complexity index is 629. The van der Waals surface area contributed by atoms with E-state index in [9.17, 15) is 9.18 Å². The Morgan fingerprint density at radius 3 is 2.57 bits per heavy atom. The monoisotopic (exact) mass is 350 g/mol. The first-order valence-corrected chi connectivity index (χ1v) is 7.45. The zero-order chi connectivity index (χ0) is 15.2. The normalized spacial score (nSPS) is 10.2. The highest BCUT2D eigenvalue weighted by Gasteiger charge is 2.04. The van der Waals surface area contributed by atoms with Crippen LogP contribution in [0.4, 0.5) is 10.1 Å². The van der Waals surface area contributed by atoms with Crippen molar-refractivity contribution in [3.63, 3.8) is 0 Å². The van der Waals surface area contributed by atoms with E-state index in [1.807, 2.05) is 19.1 Å². The van der Waals surface area contributed by atoms with E-state index in [4.69, 9.17) is 0 Å². The molecule has 0 aromatic heterocycles. The highest BCUT2D eigenvalue weighted by atomic mass is 79.9. The van der Waals surface area contributed by atoms with Crippen LogP contribution in [0.15, 0.2) is 46.9 Å². The molecule has 0 fully saturated rings. The van der Waals surface area contributed by atoms with Crippen LogP contribution in [-0.2, 0) is 6.54 Å². The van der Waals surface area contributed by atoms with Gasteiger partial charge in [0.1, 0.15) is 5.82 Å². The number of hydrogen-bond donors (Lipinski definition) is 2. The molecule has 0 atom stereocenters. The van der Waals surface area contributed by atoms with Gasteiger partial charge in [0.15, 0.2) is 0 Å². The molecule has 0 aliphatic carbocycles. The zero-order valence-corrected chi connectivity index (χ0v) is 13.2. The largest absolute Gasteiger partial charge is 0.381 e. The van der Waals surface area contributed by atoms with Gasteiger partial charge in [0.05, 0.1) is 0 Å². The molecule has 0 saturated carbocycles. The number of benzene rings is 2. The van der Waals surface area contributed by atoms with Gasteiger partial charge in [-0.1, -0.05) is 15.9 Å². The Hall–Kier alpha value is -1.88. The topological polar surface area (TPSA) is 41.1 Å². The van der Waals surface area contributed by atoms with E-state index >= 15 is 0 Å². The SMILES string of the molecule is CCNC(=O)c1ccc(NCc2cc(F)ccc2Br)cc1. The molecule has 0 bridgehead atoms. The van der Waals surface area contributed by atoms with Crippen LogP contribution in [0.5, 0.6) is 0 Å². The van der Waals surface area contributed by atoms with Crippen LogP contribution in [0.1, 0.15) is 22.8 Å². The first-order valence-electron chi connectivity index (χ1n) is 6.66. The van der Waals surface area contributed by atoms with Crippen molar-refractivity contribution < 1.29 is 9.18 Å². The van der Waals surface area contributed by atoms with Crippen molar-refractivity contribution in [1.82, 2.24) is 5.32 Å². The van der Waals surface area contributed by atoms with E-state index in [2.05, 4.69) is 26.6 Å². The molecule has 110 valence electrons. The summed E-state index contributed by atoms with van der Waals surface area (Å²) in [6.45, 7) is 2.98. The second kappa shape index (κ2) is 7.22. The minimum atomic E-state index is -0.262. The summed E-state index contributed by atoms with van der Waals surface area (Å²) in [5, 5.41) is 5.94. The van der Waals surface area contributed by atoms with Gasteiger partial charge in [-0.25, -0.2) is 4.39 Å². The number of halogens is 2. The molecule has 0 unspecified atom stereocenters. The van der Waals surface area contributed by atoms with E-state index in [0.29, 0.717) is 18.7 Å². The summed E-state index contributed by atoms with van der Waals surface area (Å²) in [4.78, 5) is 11.6. The van der Waals surface area contributed by atoms with Crippen LogP contribution in [0.25, 0.3) is 0 Å². The number of anilines is 1. The summed E-state index contributed by atoms with van der Waals surface area (Å²) in [7, 11) is 0. The molecule has 21 heavy (non-hydrogen) atoms. The summed E-state index contributed by atoms with van der Waals surface area (Å²) in [5.41, 5.74) is 2.33. The van der Waals surface area contributed by atoms with E-state index in [1.54, 1.807) is 18.2 Å². The van der Waals surface area contributed by atoms with Crippen LogP contribution in [-0.4, -0.2) is 12.5 Å². The van der Waals surface area contributed by atoms with Crippen molar-refractivity contribution in [2.45, 2.75) is 13.5 Å². The first kappa shape index (κ1) is 15.5. The summed E-state index contributed by atoms with van der Waals surface area (Å²) in [6.07, 6.45) is 0. The summed E-state index contributed by atoms with van der Waals surface area (Å²) in [6, 6.07) is 11.8. The Labute approximate surface area is 131 Å². The smallest absolute Gasteiger partial charge is 0.251 e. The van der Waals surface area contributed by atoms with Crippen molar-refractivity contribution in [3.8, 4) is 0 Å². The van der Waals surface area contributed by atoms with Crippen molar-refractivity contribution in [2.75, 3.05) is 11.9 Å². The second-order valence-corrected chi connectivity index (χ2v) is 5.38. The molecule has 2 aromatic carbocycles. The number of carbonyl (C=O) groups excluding carboxylic acids is 1. The summed E-state index contributed by atoms with van der Waals surface area (Å²) in [5.74, 6) is -0.349. The zero-order valence-electron chi connectivity index (χ0n) is 11.6. The Morgan fingerprint density at radius 1 is 1.19 bits per heavy atom. The average Bonchev–Trinajstić information content (AvgIpc) is 2.49. The lowest BCUT2D eigenvalue weighted by Gasteiger charge is -2.09. The van der Waals surface area contributed by atoms with Gasteiger partial charge < -0.3 is 10.6 Å². The Kier molecular flexibility index (Phi) is 5.33. The number of amides is 1. The number of hydrogen-bond acceptors (Lipinski definition) is 2. The van der Waals surface area contributed by atoms with Crippen molar-refractivity contribution in [3.05, 3.63) is 63.9 Å². The lowest BCUT2D eigenvalue weighted by atomic mass is 10.1. The molecule has 2 N–H and O–H groups in total. The van der Waals surface area contributed by atoms with E-state index in [1.165, 1.54) is 12.1 Å². The third kappa shape index (κ3) is 4.29. The van der Waals surface area contributed by atoms with Crippen LogP contribution >= 0.6 is 15.9 Å². The average molecular weight is 351 g/mol. The maximum atomic E-state index is 13.2. The number of rotatable bonds is 5. The predicted octanol–water partition coefficient (Wildman–Crippen LogP) is 3.95. The van der Waals surface area contributed by atoms with Gasteiger partial charge in [-0.05, 0) is 55.0 Å². The van der Waals surface area contributed by atoms with Crippen LogP contribution < -0.4 is 10.6 Å². The van der Waals surface area contributed by atoms with Crippen LogP contribution in [0.3, 0.4) is 0 Å². The van der Waals surface area contributed by atoms with Crippen molar-refractivity contribution in [1.29, 1.82) is 0 Å². The van der Waals surface area contributed by atoms with Gasteiger partial charge in [-0.15, -0.1) is 0 Å². The summed E-state index contributed by atoms with van der Waals surface area (Å²) >= 11 is 3.39. The van der Waals surface area contributed by atoms with Crippen molar-refractivity contribution >= 4 is 27.5 Å². The molecular weight excluding hydrogens is 335 g/mol. The molecular formula is C16H16BrFN2O. The quantitative estimate of drug-likeness (QED) is 0.857. The highest BCUT2D eigenvalue weighted by Crippen LogP contribution is 2.19. The van der Waals surface area contributed by atoms with Crippen LogP contribution in [0, 0.1) is 5.82 Å². The molecule has 1 amide bonds. The van der Waals surface area contributed by atoms with Gasteiger partial charge in [0.25, 0.3) is 5.91 Å². The van der Waals surface area contributed by atoms with E-state index in [-0.39, 0.29) is 11.7 Å². The van der Waals surface area contributed by atoms with Gasteiger partial charge in [0, 0.05) is 28.8 Å². The minimum Gasteiger partial charge on any atom is -0.381 e. The molecule has 0 aliphatic rings. The molecule has 0 spiro atoms. The summed E-state index contributed by atoms with van der Waals surface area (Å²) < 4.78 is 14.1. The maximum Gasteiger partial charge on any atom is 0.251 e. The standard InChI is InChI=1S/C16H16BrFN2O/c1-2-19-16(21)11-3-6-14(7-4-11)20-10-12-9-13(18)5-8-15(12)17/h3-9,20H,2,10H2,1H3,(H,19,21). The molecule has 0 radical (unpaired) electrons. The lowest BCUT2D eigenvalue weighted by Crippen LogP contribution is -2.22. The molecule has 0 aliphatic heterocycles. The molecule has 0 heterocycles. The minimum absolute atomic E-state index is 0.0862. The highest BCUT2D eigenvalue weighted by molar-refractivity contribution is 9.10. The molecule has 2 rings (SSSR count). The molecule has 2 aromatic rings. The van der Waals surface area contributed by atoms with E-state index < -0.39 is 0 Å². The fraction of sp³-hybridized carbons (Fsp3) is 0.188. The maximum absolute atomic E-state index is 13.2. The van der Waals surface area contributed by atoms with Crippen LogP contribution in [0.2, 0.25) is 0 Å². The first-order chi connectivity index (χ1) is 10.1. The van der Waals surface area contributed by atoms with E-state index in [0.717, 1.165) is 15.7 Å². The number of carbonyl (C=O) groups is 1. The lowest BCUT2D eigenvalue weighted by molar-refractivity contribution is 0.0956. The fourth-order valence-electron chi connectivity index (χ4n) is 1.88.